The average molecular weight is 360 g/mol. The van der Waals surface area contributed by atoms with Crippen molar-refractivity contribution in [3.8, 4) is 0 Å². The Balaban J connectivity index is 3.00. The molecule has 1 aromatic rings. The van der Waals surface area contributed by atoms with Crippen molar-refractivity contribution >= 4 is 33.3 Å². The van der Waals surface area contributed by atoms with Crippen LogP contribution in [0.1, 0.15) is 12.8 Å². The fourth-order valence-electron chi connectivity index (χ4n) is 1.76. The van der Waals surface area contributed by atoms with Crippen LogP contribution in [0.2, 0.25) is 0 Å². The molecule has 2 amide bonds. The van der Waals surface area contributed by atoms with Crippen LogP contribution in [-0.4, -0.2) is 52.2 Å². The largest absolute Gasteiger partial charge is 0.384 e. The lowest BCUT2D eigenvalue weighted by atomic mass is 10.2. The molecule has 3 N–H and O–H groups in total. The molecule has 134 valence electrons. The van der Waals surface area contributed by atoms with Gasteiger partial charge in [-0.3, -0.25) is 14.1 Å². The second-order valence-electron chi connectivity index (χ2n) is 4.77. The van der Waals surface area contributed by atoms with Gasteiger partial charge in [-0.2, -0.15) is 8.42 Å². The Labute approximate surface area is 140 Å². The van der Waals surface area contributed by atoms with Gasteiger partial charge in [0.1, 0.15) is 4.90 Å². The number of rotatable bonds is 9. The van der Waals surface area contributed by atoms with Crippen molar-refractivity contribution in [1.29, 1.82) is 0 Å². The highest BCUT2D eigenvalue weighted by molar-refractivity contribution is 7.86. The Morgan fingerprint density at radius 1 is 1.04 bits per heavy atom. The molecule has 0 aliphatic rings. The predicted molar refractivity (Wildman–Crippen MR) is 86.5 cm³/mol. The molecule has 9 nitrogen and oxygen atoms in total. The molecule has 1 aromatic carbocycles. The minimum Gasteiger partial charge on any atom is -0.384 e. The van der Waals surface area contributed by atoms with Gasteiger partial charge in [-0.15, -0.1) is 0 Å². The van der Waals surface area contributed by atoms with E-state index < -0.39 is 20.9 Å². The Kier molecular flexibility index (Phi) is 7.79. The van der Waals surface area contributed by atoms with Gasteiger partial charge in [-0.25, -0.2) is 0 Å². The number of ether oxygens (including phenoxy) is 2. The first-order valence-electron chi connectivity index (χ1n) is 6.97. The fraction of sp³-hybridized carbons (Fsp3) is 0.429. The molecule has 0 aliphatic carbocycles. The third-order valence-electron chi connectivity index (χ3n) is 2.88. The lowest BCUT2D eigenvalue weighted by Gasteiger charge is -2.12. The van der Waals surface area contributed by atoms with Crippen LogP contribution >= 0.6 is 0 Å². The van der Waals surface area contributed by atoms with E-state index in [1.165, 1.54) is 26.4 Å². The van der Waals surface area contributed by atoms with Gasteiger partial charge >= 0.3 is 0 Å². The van der Waals surface area contributed by atoms with Crippen molar-refractivity contribution in [3.63, 3.8) is 0 Å². The molecule has 0 fully saturated rings. The Bertz CT molecular complexity index is 688. The Morgan fingerprint density at radius 3 is 2.08 bits per heavy atom. The molecular weight excluding hydrogens is 340 g/mol. The second kappa shape index (κ2) is 9.33. The summed E-state index contributed by atoms with van der Waals surface area (Å²) in [6.45, 7) is 0.385. The van der Waals surface area contributed by atoms with E-state index in [1.807, 2.05) is 0 Å². The first-order valence-corrected chi connectivity index (χ1v) is 8.41. The number of carbonyl (C=O) groups excluding carboxylic acids is 2. The lowest BCUT2D eigenvalue weighted by molar-refractivity contribution is -0.117. The summed E-state index contributed by atoms with van der Waals surface area (Å²) in [6.07, 6.45) is 0.123. The summed E-state index contributed by atoms with van der Waals surface area (Å²) in [5.41, 5.74) is 0.133. The molecule has 1 rings (SSSR count). The highest BCUT2D eigenvalue weighted by Gasteiger charge is 2.18. The van der Waals surface area contributed by atoms with E-state index in [4.69, 9.17) is 9.47 Å². The zero-order valence-electron chi connectivity index (χ0n) is 13.4. The van der Waals surface area contributed by atoms with E-state index in [0.29, 0.717) is 0 Å². The summed E-state index contributed by atoms with van der Waals surface area (Å²) in [4.78, 5) is 23.0. The van der Waals surface area contributed by atoms with Crippen molar-refractivity contribution in [3.05, 3.63) is 18.2 Å². The molecule has 0 bridgehead atoms. The number of anilines is 2. The van der Waals surface area contributed by atoms with Gasteiger partial charge in [0.25, 0.3) is 10.1 Å². The zero-order chi connectivity index (χ0) is 18.2. The maximum Gasteiger partial charge on any atom is 0.296 e. The SMILES string of the molecule is COCCC(=O)Nc1ccc(S(=O)(=O)O)c(NC(=O)CCOC)c1. The van der Waals surface area contributed by atoms with E-state index >= 15 is 0 Å². The van der Waals surface area contributed by atoms with Gasteiger partial charge in [0.05, 0.1) is 31.7 Å². The summed E-state index contributed by atoms with van der Waals surface area (Å²) < 4.78 is 41.6. The molecule has 10 heteroatoms. The number of amides is 2. The molecule has 0 saturated carbocycles. The van der Waals surface area contributed by atoms with Crippen molar-refractivity contribution in [2.24, 2.45) is 0 Å². The van der Waals surface area contributed by atoms with Crippen molar-refractivity contribution < 1.29 is 32.0 Å². The fourth-order valence-corrected chi connectivity index (χ4v) is 2.38. The summed E-state index contributed by atoms with van der Waals surface area (Å²) in [5, 5.41) is 4.92. The van der Waals surface area contributed by atoms with Gasteiger partial charge in [-0.05, 0) is 18.2 Å². The molecule has 0 unspecified atom stereocenters. The number of nitrogens with one attached hydrogen (secondary N) is 2. The van der Waals surface area contributed by atoms with E-state index in [0.717, 1.165) is 6.07 Å². The van der Waals surface area contributed by atoms with Crippen LogP contribution in [0, 0.1) is 0 Å². The molecule has 0 radical (unpaired) electrons. The Morgan fingerprint density at radius 2 is 1.58 bits per heavy atom. The lowest BCUT2D eigenvalue weighted by Crippen LogP contribution is -2.17. The van der Waals surface area contributed by atoms with E-state index in [1.54, 1.807) is 0 Å². The monoisotopic (exact) mass is 360 g/mol. The number of hydrogen-bond acceptors (Lipinski definition) is 6. The van der Waals surface area contributed by atoms with Gasteiger partial charge < -0.3 is 20.1 Å². The van der Waals surface area contributed by atoms with Gasteiger partial charge in [-0.1, -0.05) is 0 Å². The molecule has 0 spiro atoms. The third-order valence-corrected chi connectivity index (χ3v) is 3.79. The van der Waals surface area contributed by atoms with Crippen LogP contribution in [-0.2, 0) is 29.2 Å². The van der Waals surface area contributed by atoms with Crippen LogP contribution in [0.5, 0.6) is 0 Å². The maximum atomic E-state index is 11.8. The predicted octanol–water partition coefficient (Wildman–Crippen LogP) is 0.883. The quantitative estimate of drug-likeness (QED) is 0.557. The average Bonchev–Trinajstić information content (AvgIpc) is 2.50. The van der Waals surface area contributed by atoms with E-state index in [2.05, 4.69) is 10.6 Å². The van der Waals surface area contributed by atoms with Crippen molar-refractivity contribution in [2.45, 2.75) is 17.7 Å². The summed E-state index contributed by atoms with van der Waals surface area (Å²) >= 11 is 0. The Hall–Kier alpha value is -2.01. The normalized spacial score (nSPS) is 11.1. The molecule has 0 atom stereocenters. The molecule has 0 aliphatic heterocycles. The van der Waals surface area contributed by atoms with Crippen molar-refractivity contribution in [1.82, 2.24) is 0 Å². The minimum atomic E-state index is -4.54. The number of benzene rings is 1. The first kappa shape index (κ1) is 20.0. The second-order valence-corrected chi connectivity index (χ2v) is 6.16. The molecule has 0 heterocycles. The maximum absolute atomic E-state index is 11.8. The van der Waals surface area contributed by atoms with Crippen LogP contribution in [0.4, 0.5) is 11.4 Å². The van der Waals surface area contributed by atoms with Gasteiger partial charge in [0, 0.05) is 19.9 Å². The van der Waals surface area contributed by atoms with Crippen LogP contribution in [0.15, 0.2) is 23.1 Å². The molecular formula is C14H20N2O7S. The van der Waals surface area contributed by atoms with E-state index in [-0.39, 0.29) is 43.3 Å². The number of hydrogen-bond donors (Lipinski definition) is 3. The topological polar surface area (TPSA) is 131 Å². The van der Waals surface area contributed by atoms with Crippen molar-refractivity contribution in [2.75, 3.05) is 38.1 Å². The summed E-state index contributed by atoms with van der Waals surface area (Å²) in [7, 11) is -1.65. The summed E-state index contributed by atoms with van der Waals surface area (Å²) in [5.74, 6) is -0.835. The standard InChI is InChI=1S/C14H20N2O7S/c1-22-7-5-13(17)15-10-3-4-12(24(19,20)21)11(9-10)16-14(18)6-8-23-2/h3-4,9H,5-8H2,1-2H3,(H,15,17)(H,16,18)(H,19,20,21). The van der Waals surface area contributed by atoms with Crippen LogP contribution in [0.3, 0.4) is 0 Å². The number of methoxy groups -OCH3 is 2. The third kappa shape index (κ3) is 6.62. The molecule has 0 saturated heterocycles. The highest BCUT2D eigenvalue weighted by atomic mass is 32.2. The van der Waals surface area contributed by atoms with Crippen LogP contribution in [0.25, 0.3) is 0 Å². The highest BCUT2D eigenvalue weighted by Crippen LogP contribution is 2.25. The smallest absolute Gasteiger partial charge is 0.296 e. The zero-order valence-corrected chi connectivity index (χ0v) is 14.2. The summed E-state index contributed by atoms with van der Waals surface area (Å²) in [6, 6.07) is 3.64. The minimum absolute atomic E-state index is 0.00580. The first-order chi connectivity index (χ1) is 11.3. The molecule has 0 aromatic heterocycles. The number of carbonyl (C=O) groups is 2. The molecule has 24 heavy (non-hydrogen) atoms. The van der Waals surface area contributed by atoms with Gasteiger partial charge in [0.15, 0.2) is 0 Å². The van der Waals surface area contributed by atoms with E-state index in [9.17, 15) is 22.6 Å². The van der Waals surface area contributed by atoms with Crippen LogP contribution < -0.4 is 10.6 Å². The van der Waals surface area contributed by atoms with Gasteiger partial charge in [0.2, 0.25) is 11.8 Å².